The van der Waals surface area contributed by atoms with Crippen LogP contribution < -0.4 is 0 Å². The summed E-state index contributed by atoms with van der Waals surface area (Å²) in [4.78, 5) is 10.5. The van der Waals surface area contributed by atoms with E-state index in [0.717, 1.165) is 0 Å². The Morgan fingerprint density at radius 1 is 1.82 bits per heavy atom. The van der Waals surface area contributed by atoms with Gasteiger partial charge in [-0.25, -0.2) is 0 Å². The van der Waals surface area contributed by atoms with Crippen molar-refractivity contribution >= 4 is 5.97 Å². The topological polar surface area (TPSA) is 55.8 Å². The van der Waals surface area contributed by atoms with E-state index in [1.807, 2.05) is 0 Å². The molecule has 0 amide bonds. The molecule has 1 N–H and O–H groups in total. The van der Waals surface area contributed by atoms with E-state index in [0.29, 0.717) is 13.0 Å². The van der Waals surface area contributed by atoms with Crippen LogP contribution in [0.4, 0.5) is 0 Å². The molecular formula is C7H12O4. The van der Waals surface area contributed by atoms with Crippen LogP contribution in [0, 0.1) is 0 Å². The minimum Gasteiger partial charge on any atom is -0.460 e. The number of rotatable bonds is 2. The van der Waals surface area contributed by atoms with Crippen LogP contribution in [-0.4, -0.2) is 36.5 Å². The summed E-state index contributed by atoms with van der Waals surface area (Å²) in [5.41, 5.74) is 0. The fourth-order valence-corrected chi connectivity index (χ4v) is 1.15. The Labute approximate surface area is 65.1 Å². The molecular weight excluding hydrogens is 148 g/mol. The van der Waals surface area contributed by atoms with Gasteiger partial charge in [0.15, 0.2) is 0 Å². The lowest BCUT2D eigenvalue weighted by Gasteiger charge is -2.15. The van der Waals surface area contributed by atoms with Gasteiger partial charge in [-0.15, -0.1) is 0 Å². The quantitative estimate of drug-likeness (QED) is 0.563. The zero-order valence-corrected chi connectivity index (χ0v) is 6.45. The van der Waals surface area contributed by atoms with Crippen LogP contribution >= 0.6 is 0 Å². The van der Waals surface area contributed by atoms with Crippen molar-refractivity contribution in [3.05, 3.63) is 0 Å². The number of hydrogen-bond donors (Lipinski definition) is 1. The smallest absolute Gasteiger partial charge is 0.302 e. The zero-order chi connectivity index (χ0) is 8.27. The third kappa shape index (κ3) is 2.17. The fraction of sp³-hybridized carbons (Fsp3) is 0.857. The monoisotopic (exact) mass is 160 g/mol. The minimum absolute atomic E-state index is 0.0854. The largest absolute Gasteiger partial charge is 0.460 e. The predicted octanol–water partition coefficient (Wildman–Crippen LogP) is -0.301. The van der Waals surface area contributed by atoms with E-state index < -0.39 is 0 Å². The summed E-state index contributed by atoms with van der Waals surface area (Å²) in [5, 5.41) is 8.73. The Morgan fingerprint density at radius 3 is 3.09 bits per heavy atom. The SMILES string of the molecule is CC(=O)OC1CCO[C@@H]1CO. The van der Waals surface area contributed by atoms with Gasteiger partial charge in [-0.05, 0) is 0 Å². The Hall–Kier alpha value is -0.610. The molecule has 1 unspecified atom stereocenters. The average molecular weight is 160 g/mol. The fourth-order valence-electron chi connectivity index (χ4n) is 1.15. The Bertz CT molecular complexity index is 145. The van der Waals surface area contributed by atoms with E-state index in [2.05, 4.69) is 0 Å². The normalized spacial score (nSPS) is 30.4. The van der Waals surface area contributed by atoms with Gasteiger partial charge in [0.2, 0.25) is 0 Å². The maximum Gasteiger partial charge on any atom is 0.302 e. The van der Waals surface area contributed by atoms with Crippen molar-refractivity contribution in [2.24, 2.45) is 0 Å². The van der Waals surface area contributed by atoms with Crippen molar-refractivity contribution in [2.75, 3.05) is 13.2 Å². The molecule has 1 aliphatic rings. The van der Waals surface area contributed by atoms with Crippen molar-refractivity contribution in [3.63, 3.8) is 0 Å². The lowest BCUT2D eigenvalue weighted by Crippen LogP contribution is -2.29. The molecule has 1 fully saturated rings. The second-order valence-electron chi connectivity index (χ2n) is 2.53. The summed E-state index contributed by atoms with van der Waals surface area (Å²) >= 11 is 0. The van der Waals surface area contributed by atoms with Gasteiger partial charge in [0.05, 0.1) is 13.2 Å². The Kier molecular flexibility index (Phi) is 2.84. The lowest BCUT2D eigenvalue weighted by molar-refractivity contribution is -0.149. The third-order valence-electron chi connectivity index (χ3n) is 1.65. The van der Waals surface area contributed by atoms with Crippen molar-refractivity contribution < 1.29 is 19.4 Å². The highest BCUT2D eigenvalue weighted by molar-refractivity contribution is 5.66. The molecule has 1 aliphatic heterocycles. The summed E-state index contributed by atoms with van der Waals surface area (Å²) in [6.45, 7) is 1.83. The summed E-state index contributed by atoms with van der Waals surface area (Å²) < 4.78 is 9.98. The first-order chi connectivity index (χ1) is 5.24. The second-order valence-corrected chi connectivity index (χ2v) is 2.53. The number of carbonyl (C=O) groups is 1. The molecule has 1 rings (SSSR count). The predicted molar refractivity (Wildman–Crippen MR) is 37.0 cm³/mol. The number of ether oxygens (including phenoxy) is 2. The van der Waals surface area contributed by atoms with Gasteiger partial charge < -0.3 is 14.6 Å². The van der Waals surface area contributed by atoms with Crippen LogP contribution in [0.5, 0.6) is 0 Å². The first kappa shape index (κ1) is 8.49. The Balaban J connectivity index is 2.37. The molecule has 0 aliphatic carbocycles. The number of aliphatic hydroxyl groups is 1. The molecule has 1 heterocycles. The molecule has 0 spiro atoms. The molecule has 0 aromatic carbocycles. The summed E-state index contributed by atoms with van der Waals surface area (Å²) in [5.74, 6) is -0.320. The van der Waals surface area contributed by atoms with E-state index >= 15 is 0 Å². The summed E-state index contributed by atoms with van der Waals surface area (Å²) in [7, 11) is 0. The molecule has 0 aromatic rings. The minimum atomic E-state index is -0.320. The van der Waals surface area contributed by atoms with E-state index in [9.17, 15) is 4.79 Å². The van der Waals surface area contributed by atoms with Gasteiger partial charge in [-0.3, -0.25) is 4.79 Å². The molecule has 2 atom stereocenters. The van der Waals surface area contributed by atoms with E-state index in [1.165, 1.54) is 6.92 Å². The van der Waals surface area contributed by atoms with E-state index in [-0.39, 0.29) is 24.8 Å². The molecule has 64 valence electrons. The molecule has 0 aromatic heterocycles. The van der Waals surface area contributed by atoms with Crippen LogP contribution in [0.3, 0.4) is 0 Å². The van der Waals surface area contributed by atoms with Crippen molar-refractivity contribution in [1.82, 2.24) is 0 Å². The van der Waals surface area contributed by atoms with Crippen LogP contribution in [0.25, 0.3) is 0 Å². The van der Waals surface area contributed by atoms with Gasteiger partial charge in [-0.1, -0.05) is 0 Å². The van der Waals surface area contributed by atoms with Gasteiger partial charge in [0.1, 0.15) is 12.2 Å². The highest BCUT2D eigenvalue weighted by atomic mass is 16.6. The molecule has 4 heteroatoms. The van der Waals surface area contributed by atoms with Crippen molar-refractivity contribution in [1.29, 1.82) is 0 Å². The van der Waals surface area contributed by atoms with Crippen LogP contribution in [-0.2, 0) is 14.3 Å². The van der Waals surface area contributed by atoms with Crippen molar-refractivity contribution in [3.8, 4) is 0 Å². The Morgan fingerprint density at radius 2 is 2.55 bits per heavy atom. The third-order valence-corrected chi connectivity index (χ3v) is 1.65. The summed E-state index contributed by atoms with van der Waals surface area (Å²) in [6.07, 6.45) is 0.113. The highest BCUT2D eigenvalue weighted by Gasteiger charge is 2.29. The highest BCUT2D eigenvalue weighted by Crippen LogP contribution is 2.16. The van der Waals surface area contributed by atoms with E-state index in [4.69, 9.17) is 14.6 Å². The number of hydrogen-bond acceptors (Lipinski definition) is 4. The maximum atomic E-state index is 10.5. The molecule has 4 nitrogen and oxygen atoms in total. The van der Waals surface area contributed by atoms with Gasteiger partial charge >= 0.3 is 5.97 Å². The summed E-state index contributed by atoms with van der Waals surface area (Å²) in [6, 6.07) is 0. The second kappa shape index (κ2) is 3.69. The molecule has 11 heavy (non-hydrogen) atoms. The molecule has 1 saturated heterocycles. The number of esters is 1. The van der Waals surface area contributed by atoms with Crippen LogP contribution in [0.2, 0.25) is 0 Å². The van der Waals surface area contributed by atoms with E-state index in [1.54, 1.807) is 0 Å². The van der Waals surface area contributed by atoms with Gasteiger partial charge in [-0.2, -0.15) is 0 Å². The number of aliphatic hydroxyl groups excluding tert-OH is 1. The molecule has 0 saturated carbocycles. The first-order valence-electron chi connectivity index (χ1n) is 3.63. The van der Waals surface area contributed by atoms with Crippen LogP contribution in [0.15, 0.2) is 0 Å². The zero-order valence-electron chi connectivity index (χ0n) is 6.45. The number of carbonyl (C=O) groups excluding carboxylic acids is 1. The van der Waals surface area contributed by atoms with Gasteiger partial charge in [0, 0.05) is 13.3 Å². The standard InChI is InChI=1S/C7H12O4/c1-5(9)11-6-2-3-10-7(6)4-8/h6-8H,2-4H2,1H3/t6?,7-/m1/s1. The van der Waals surface area contributed by atoms with Crippen molar-refractivity contribution in [2.45, 2.75) is 25.6 Å². The molecule has 0 bridgehead atoms. The lowest BCUT2D eigenvalue weighted by atomic mass is 10.2. The van der Waals surface area contributed by atoms with Crippen LogP contribution in [0.1, 0.15) is 13.3 Å². The molecule has 0 radical (unpaired) electrons. The average Bonchev–Trinajstić information content (AvgIpc) is 2.34. The van der Waals surface area contributed by atoms with Gasteiger partial charge in [0.25, 0.3) is 0 Å². The maximum absolute atomic E-state index is 10.5. The first-order valence-corrected chi connectivity index (χ1v) is 3.63.